The largest absolute Gasteiger partial charge is 0.447 e. The van der Waals surface area contributed by atoms with Crippen molar-refractivity contribution >= 4 is 44.0 Å². The molecule has 0 saturated carbocycles. The zero-order valence-electron chi connectivity index (χ0n) is 11.6. The van der Waals surface area contributed by atoms with Crippen molar-refractivity contribution in [1.29, 1.82) is 0 Å². The smallest absolute Gasteiger partial charge is 0.289 e. The number of aromatic nitrogens is 2. The minimum Gasteiger partial charge on any atom is -0.447 e. The molecule has 0 unspecified atom stereocenters. The highest BCUT2D eigenvalue weighted by molar-refractivity contribution is 9.13. The molecule has 0 spiro atoms. The van der Waals surface area contributed by atoms with Crippen molar-refractivity contribution in [2.75, 3.05) is 0 Å². The second-order valence-electron chi connectivity index (χ2n) is 4.50. The van der Waals surface area contributed by atoms with E-state index in [-0.39, 0.29) is 5.91 Å². The number of nitrogens with zero attached hydrogens (tertiary/aromatic N) is 2. The lowest BCUT2D eigenvalue weighted by atomic mass is 10.1. The molecule has 2 aromatic heterocycles. The maximum atomic E-state index is 12.0. The van der Waals surface area contributed by atoms with Crippen molar-refractivity contribution in [1.82, 2.24) is 15.6 Å². The van der Waals surface area contributed by atoms with Crippen LogP contribution in [0.1, 0.15) is 16.2 Å². The summed E-state index contributed by atoms with van der Waals surface area (Å²) in [5.74, 6) is 0.110. The normalized spacial score (nSPS) is 11.0. The van der Waals surface area contributed by atoms with Crippen LogP contribution in [0.15, 0.2) is 61.1 Å². The number of H-pyrrole nitrogens is 1. The molecule has 0 saturated heterocycles. The fourth-order valence-electron chi connectivity index (χ4n) is 1.84. The molecule has 0 fully saturated rings. The van der Waals surface area contributed by atoms with Crippen molar-refractivity contribution in [2.24, 2.45) is 5.10 Å². The van der Waals surface area contributed by atoms with Gasteiger partial charge in [-0.15, -0.1) is 0 Å². The number of furan rings is 1. The standard InChI is InChI=1S/C15H10Br2N4O2/c16-11-6-10(23-14(11)17)8-18-21-15(22)13-7-12(19-20-13)9-4-2-1-3-5-9/h1-8H,(H,19,20)(H,21,22)/b18-8-. The van der Waals surface area contributed by atoms with Gasteiger partial charge in [0, 0.05) is 11.6 Å². The Morgan fingerprint density at radius 1 is 1.26 bits per heavy atom. The molecule has 3 aromatic rings. The number of hydrogen-bond acceptors (Lipinski definition) is 4. The summed E-state index contributed by atoms with van der Waals surface area (Å²) >= 11 is 6.52. The van der Waals surface area contributed by atoms with Gasteiger partial charge in [0.05, 0.1) is 16.4 Å². The van der Waals surface area contributed by atoms with Crippen LogP contribution in [0.5, 0.6) is 0 Å². The number of nitrogens with one attached hydrogen (secondary N) is 2. The van der Waals surface area contributed by atoms with Gasteiger partial charge in [0.15, 0.2) is 4.67 Å². The fourth-order valence-corrected chi connectivity index (χ4v) is 2.44. The van der Waals surface area contributed by atoms with E-state index < -0.39 is 0 Å². The highest BCUT2D eigenvalue weighted by atomic mass is 79.9. The Bertz CT molecular complexity index is 836. The van der Waals surface area contributed by atoms with Gasteiger partial charge >= 0.3 is 0 Å². The SMILES string of the molecule is O=C(N/N=C\c1cc(Br)c(Br)o1)c1cc(-c2ccccc2)n[nH]1. The maximum Gasteiger partial charge on any atom is 0.289 e. The molecule has 0 aliphatic rings. The molecular weight excluding hydrogens is 428 g/mol. The summed E-state index contributed by atoms with van der Waals surface area (Å²) in [6.07, 6.45) is 1.40. The molecule has 8 heteroatoms. The highest BCUT2D eigenvalue weighted by Crippen LogP contribution is 2.25. The minimum absolute atomic E-state index is 0.322. The lowest BCUT2D eigenvalue weighted by Crippen LogP contribution is -2.17. The van der Waals surface area contributed by atoms with Gasteiger partial charge in [-0.05, 0) is 37.9 Å². The number of hydrogen-bond donors (Lipinski definition) is 2. The van der Waals surface area contributed by atoms with Gasteiger partial charge in [-0.25, -0.2) is 5.43 Å². The molecule has 6 nitrogen and oxygen atoms in total. The van der Waals surface area contributed by atoms with Gasteiger partial charge < -0.3 is 4.42 Å². The van der Waals surface area contributed by atoms with E-state index in [0.717, 1.165) is 10.0 Å². The van der Waals surface area contributed by atoms with Crippen LogP contribution in [0.3, 0.4) is 0 Å². The van der Waals surface area contributed by atoms with Crippen molar-refractivity contribution in [3.05, 3.63) is 63.1 Å². The summed E-state index contributed by atoms with van der Waals surface area (Å²) in [6.45, 7) is 0. The van der Waals surface area contributed by atoms with Crippen LogP contribution < -0.4 is 5.43 Å². The van der Waals surface area contributed by atoms with Crippen LogP contribution in [0.25, 0.3) is 11.3 Å². The number of carbonyl (C=O) groups excluding carboxylic acids is 1. The quantitative estimate of drug-likeness (QED) is 0.478. The van der Waals surface area contributed by atoms with Crippen molar-refractivity contribution in [3.63, 3.8) is 0 Å². The van der Waals surface area contributed by atoms with Crippen LogP contribution in [0.4, 0.5) is 0 Å². The highest BCUT2D eigenvalue weighted by Gasteiger charge is 2.10. The lowest BCUT2D eigenvalue weighted by Gasteiger charge is -1.94. The monoisotopic (exact) mass is 436 g/mol. The number of rotatable bonds is 4. The van der Waals surface area contributed by atoms with Gasteiger partial charge in [0.2, 0.25) is 0 Å². The Kier molecular flexibility index (Phi) is 4.73. The van der Waals surface area contributed by atoms with E-state index in [9.17, 15) is 4.79 Å². The lowest BCUT2D eigenvalue weighted by molar-refractivity contribution is 0.0950. The number of halogens is 2. The second-order valence-corrected chi connectivity index (χ2v) is 6.08. The minimum atomic E-state index is -0.388. The third kappa shape index (κ3) is 3.77. The third-order valence-corrected chi connectivity index (χ3v) is 4.62. The number of aromatic amines is 1. The topological polar surface area (TPSA) is 83.3 Å². The zero-order chi connectivity index (χ0) is 16.2. The van der Waals surface area contributed by atoms with E-state index in [4.69, 9.17) is 4.42 Å². The maximum absolute atomic E-state index is 12.0. The number of hydrazone groups is 1. The first-order valence-electron chi connectivity index (χ1n) is 6.52. The van der Waals surface area contributed by atoms with Crippen LogP contribution in [0, 0.1) is 0 Å². The summed E-state index contributed by atoms with van der Waals surface area (Å²) in [7, 11) is 0. The van der Waals surface area contributed by atoms with Crippen LogP contribution >= 0.6 is 31.9 Å². The first kappa shape index (κ1) is 15.7. The second kappa shape index (κ2) is 6.93. The van der Waals surface area contributed by atoms with Crippen LogP contribution in [-0.2, 0) is 0 Å². The molecule has 0 atom stereocenters. The van der Waals surface area contributed by atoms with Gasteiger partial charge in [-0.3, -0.25) is 9.89 Å². The van der Waals surface area contributed by atoms with E-state index in [0.29, 0.717) is 21.8 Å². The molecule has 1 amide bonds. The predicted octanol–water partition coefficient (Wildman–Crippen LogP) is 3.96. The average molecular weight is 438 g/mol. The van der Waals surface area contributed by atoms with Crippen LogP contribution in [-0.4, -0.2) is 22.3 Å². The molecule has 0 radical (unpaired) electrons. The molecule has 2 heterocycles. The molecule has 116 valence electrons. The Balaban J connectivity index is 1.66. The molecule has 2 N–H and O–H groups in total. The molecule has 1 aromatic carbocycles. The van der Waals surface area contributed by atoms with Gasteiger partial charge in [-0.2, -0.15) is 10.2 Å². The third-order valence-electron chi connectivity index (χ3n) is 2.91. The van der Waals surface area contributed by atoms with Crippen molar-refractivity contribution in [2.45, 2.75) is 0 Å². The summed E-state index contributed by atoms with van der Waals surface area (Å²) in [5, 5.41) is 10.7. The summed E-state index contributed by atoms with van der Waals surface area (Å²) in [5.41, 5.74) is 4.35. The van der Waals surface area contributed by atoms with Gasteiger partial charge in [0.1, 0.15) is 11.5 Å². The molecule has 0 aliphatic carbocycles. The summed E-state index contributed by atoms with van der Waals surface area (Å²) in [6, 6.07) is 13.0. The Morgan fingerprint density at radius 3 is 2.74 bits per heavy atom. The molecule has 0 aliphatic heterocycles. The Morgan fingerprint density at radius 2 is 2.04 bits per heavy atom. The number of carbonyl (C=O) groups is 1. The summed E-state index contributed by atoms with van der Waals surface area (Å²) in [4.78, 5) is 12.0. The first-order valence-corrected chi connectivity index (χ1v) is 8.11. The van der Waals surface area contributed by atoms with E-state index in [1.807, 2.05) is 30.3 Å². The van der Waals surface area contributed by atoms with Gasteiger partial charge in [-0.1, -0.05) is 30.3 Å². The molecule has 3 rings (SSSR count). The van der Waals surface area contributed by atoms with E-state index in [2.05, 4.69) is 52.6 Å². The fraction of sp³-hybridized carbons (Fsp3) is 0. The van der Waals surface area contributed by atoms with Crippen LogP contribution in [0.2, 0.25) is 0 Å². The first-order chi connectivity index (χ1) is 11.1. The van der Waals surface area contributed by atoms with E-state index >= 15 is 0 Å². The molecule has 0 bridgehead atoms. The van der Waals surface area contributed by atoms with Crippen molar-refractivity contribution < 1.29 is 9.21 Å². The molecule has 23 heavy (non-hydrogen) atoms. The number of amides is 1. The summed E-state index contributed by atoms with van der Waals surface area (Å²) < 4.78 is 6.64. The van der Waals surface area contributed by atoms with E-state index in [1.54, 1.807) is 12.1 Å². The van der Waals surface area contributed by atoms with E-state index in [1.165, 1.54) is 6.21 Å². The zero-order valence-corrected chi connectivity index (χ0v) is 14.8. The average Bonchev–Trinajstić information content (AvgIpc) is 3.16. The number of benzene rings is 1. The molecular formula is C15H10Br2N4O2. The van der Waals surface area contributed by atoms with Crippen molar-refractivity contribution in [3.8, 4) is 11.3 Å². The Labute approximate surface area is 148 Å². The Hall–Kier alpha value is -2.19. The predicted molar refractivity (Wildman–Crippen MR) is 93.2 cm³/mol. The van der Waals surface area contributed by atoms with Gasteiger partial charge in [0.25, 0.3) is 5.91 Å².